The summed E-state index contributed by atoms with van der Waals surface area (Å²) in [5.74, 6) is 0. The normalized spacial score (nSPS) is 16.8. The van der Waals surface area contributed by atoms with Crippen LogP contribution in [0.3, 0.4) is 0 Å². The van der Waals surface area contributed by atoms with Gasteiger partial charge in [0, 0.05) is 5.69 Å². The SMILES string of the molecule is CNS(=O)(=O)c1ccc(NC2COC2)cc1. The van der Waals surface area contributed by atoms with Gasteiger partial charge in [-0.05, 0) is 31.3 Å². The largest absolute Gasteiger partial charge is 0.378 e. The Balaban J connectivity index is 2.09. The van der Waals surface area contributed by atoms with Gasteiger partial charge in [0.05, 0.1) is 24.2 Å². The van der Waals surface area contributed by atoms with Gasteiger partial charge in [0.15, 0.2) is 0 Å². The van der Waals surface area contributed by atoms with Crippen molar-refractivity contribution in [1.29, 1.82) is 0 Å². The molecule has 0 spiro atoms. The van der Waals surface area contributed by atoms with Gasteiger partial charge in [-0.1, -0.05) is 0 Å². The summed E-state index contributed by atoms with van der Waals surface area (Å²) in [5.41, 5.74) is 0.906. The Morgan fingerprint density at radius 2 is 1.88 bits per heavy atom. The number of benzene rings is 1. The predicted molar refractivity (Wildman–Crippen MR) is 60.9 cm³/mol. The number of hydrogen-bond donors (Lipinski definition) is 2. The molecule has 1 aliphatic rings. The molecule has 16 heavy (non-hydrogen) atoms. The third-order valence-corrected chi connectivity index (χ3v) is 3.87. The molecule has 0 aliphatic carbocycles. The Hall–Kier alpha value is -1.11. The summed E-state index contributed by atoms with van der Waals surface area (Å²) in [5, 5.41) is 3.23. The first-order valence-electron chi connectivity index (χ1n) is 5.00. The summed E-state index contributed by atoms with van der Waals surface area (Å²) in [6, 6.07) is 7.00. The van der Waals surface area contributed by atoms with E-state index < -0.39 is 10.0 Å². The van der Waals surface area contributed by atoms with Crippen molar-refractivity contribution < 1.29 is 13.2 Å². The van der Waals surface area contributed by atoms with Crippen molar-refractivity contribution >= 4 is 15.7 Å². The van der Waals surface area contributed by atoms with Crippen LogP contribution in [0.5, 0.6) is 0 Å². The number of nitrogens with one attached hydrogen (secondary N) is 2. The molecule has 0 unspecified atom stereocenters. The zero-order valence-corrected chi connectivity index (χ0v) is 9.75. The molecule has 1 aliphatic heterocycles. The van der Waals surface area contributed by atoms with Crippen LogP contribution >= 0.6 is 0 Å². The first kappa shape index (κ1) is 11.4. The van der Waals surface area contributed by atoms with E-state index in [-0.39, 0.29) is 4.90 Å². The van der Waals surface area contributed by atoms with Crippen LogP contribution in [0, 0.1) is 0 Å². The maximum Gasteiger partial charge on any atom is 0.240 e. The minimum Gasteiger partial charge on any atom is -0.378 e. The highest BCUT2D eigenvalue weighted by Crippen LogP contribution is 2.16. The molecule has 0 saturated carbocycles. The van der Waals surface area contributed by atoms with Crippen molar-refractivity contribution in [3.63, 3.8) is 0 Å². The predicted octanol–water partition coefficient (Wildman–Crippen LogP) is 0.405. The van der Waals surface area contributed by atoms with Crippen LogP contribution in [-0.4, -0.2) is 34.7 Å². The Labute approximate surface area is 94.9 Å². The van der Waals surface area contributed by atoms with Crippen LogP contribution < -0.4 is 10.0 Å². The molecule has 5 nitrogen and oxygen atoms in total. The minimum absolute atomic E-state index is 0.269. The smallest absolute Gasteiger partial charge is 0.240 e. The summed E-state index contributed by atoms with van der Waals surface area (Å²) in [6.45, 7) is 1.41. The van der Waals surface area contributed by atoms with Gasteiger partial charge < -0.3 is 10.1 Å². The molecule has 2 rings (SSSR count). The van der Waals surface area contributed by atoms with Crippen LogP contribution in [0.25, 0.3) is 0 Å². The quantitative estimate of drug-likeness (QED) is 0.802. The third-order valence-electron chi connectivity index (χ3n) is 2.44. The Morgan fingerprint density at radius 3 is 2.31 bits per heavy atom. The zero-order chi connectivity index (χ0) is 11.6. The van der Waals surface area contributed by atoms with Crippen molar-refractivity contribution in [1.82, 2.24) is 4.72 Å². The van der Waals surface area contributed by atoms with Crippen molar-refractivity contribution in [2.24, 2.45) is 0 Å². The van der Waals surface area contributed by atoms with Gasteiger partial charge in [-0.2, -0.15) is 0 Å². The van der Waals surface area contributed by atoms with Crippen molar-refractivity contribution in [2.45, 2.75) is 10.9 Å². The van der Waals surface area contributed by atoms with E-state index in [9.17, 15) is 8.42 Å². The fourth-order valence-corrected chi connectivity index (χ4v) is 2.13. The molecule has 0 bridgehead atoms. The van der Waals surface area contributed by atoms with Gasteiger partial charge in [0.25, 0.3) is 0 Å². The molecular formula is C10H14N2O3S. The average Bonchev–Trinajstić information content (AvgIpc) is 2.24. The van der Waals surface area contributed by atoms with Gasteiger partial charge >= 0.3 is 0 Å². The number of sulfonamides is 1. The molecule has 0 amide bonds. The van der Waals surface area contributed by atoms with Crippen LogP contribution in [0.1, 0.15) is 0 Å². The first-order chi connectivity index (χ1) is 7.62. The molecule has 1 heterocycles. The lowest BCUT2D eigenvalue weighted by Crippen LogP contribution is -2.40. The van der Waals surface area contributed by atoms with Gasteiger partial charge in [0.2, 0.25) is 10.0 Å². The molecule has 1 fully saturated rings. The van der Waals surface area contributed by atoms with Crippen LogP contribution in [0.15, 0.2) is 29.2 Å². The molecule has 0 aromatic heterocycles. The molecule has 1 aromatic rings. The molecule has 2 N–H and O–H groups in total. The summed E-state index contributed by atoms with van der Waals surface area (Å²) in [7, 11) is -1.94. The van der Waals surface area contributed by atoms with E-state index >= 15 is 0 Å². The van der Waals surface area contributed by atoms with E-state index in [0.29, 0.717) is 19.3 Å². The lowest BCUT2D eigenvalue weighted by molar-refractivity contribution is 0.0211. The van der Waals surface area contributed by atoms with Crippen LogP contribution in [-0.2, 0) is 14.8 Å². The number of hydrogen-bond acceptors (Lipinski definition) is 4. The van der Waals surface area contributed by atoms with Crippen molar-refractivity contribution in [3.05, 3.63) is 24.3 Å². The monoisotopic (exact) mass is 242 g/mol. The minimum atomic E-state index is -3.34. The van der Waals surface area contributed by atoms with Gasteiger partial charge in [-0.15, -0.1) is 0 Å². The van der Waals surface area contributed by atoms with Crippen LogP contribution in [0.4, 0.5) is 5.69 Å². The first-order valence-corrected chi connectivity index (χ1v) is 6.48. The molecular weight excluding hydrogens is 228 g/mol. The van der Waals surface area contributed by atoms with Crippen molar-refractivity contribution in [2.75, 3.05) is 25.6 Å². The second-order valence-corrected chi connectivity index (χ2v) is 5.50. The second-order valence-electron chi connectivity index (χ2n) is 3.61. The highest BCUT2D eigenvalue weighted by Gasteiger charge is 2.18. The van der Waals surface area contributed by atoms with Gasteiger partial charge in [0.1, 0.15) is 0 Å². The van der Waals surface area contributed by atoms with Crippen molar-refractivity contribution in [3.8, 4) is 0 Å². The van der Waals surface area contributed by atoms with E-state index in [1.165, 1.54) is 7.05 Å². The highest BCUT2D eigenvalue weighted by atomic mass is 32.2. The standard InChI is InChI=1S/C10H14N2O3S/c1-11-16(13,14)10-4-2-8(3-5-10)12-9-6-15-7-9/h2-5,9,11-12H,6-7H2,1H3. The molecule has 88 valence electrons. The molecule has 1 aromatic carbocycles. The number of ether oxygens (including phenoxy) is 1. The summed E-state index contributed by atoms with van der Waals surface area (Å²) < 4.78 is 30.2. The molecule has 0 radical (unpaired) electrons. The van der Waals surface area contributed by atoms with E-state index in [0.717, 1.165) is 5.69 Å². The maximum atomic E-state index is 11.5. The zero-order valence-electron chi connectivity index (χ0n) is 8.93. The summed E-state index contributed by atoms with van der Waals surface area (Å²) >= 11 is 0. The third kappa shape index (κ3) is 2.34. The lowest BCUT2D eigenvalue weighted by atomic mass is 10.2. The molecule has 1 saturated heterocycles. The van der Waals surface area contributed by atoms with Gasteiger partial charge in [-0.25, -0.2) is 13.1 Å². The summed E-state index contributed by atoms with van der Waals surface area (Å²) in [4.78, 5) is 0.269. The molecule has 0 atom stereocenters. The average molecular weight is 242 g/mol. The fraction of sp³-hybridized carbons (Fsp3) is 0.400. The van der Waals surface area contributed by atoms with E-state index in [4.69, 9.17) is 4.74 Å². The van der Waals surface area contributed by atoms with E-state index in [1.807, 2.05) is 0 Å². The summed E-state index contributed by atoms with van der Waals surface area (Å²) in [6.07, 6.45) is 0. The number of anilines is 1. The highest BCUT2D eigenvalue weighted by molar-refractivity contribution is 7.89. The Kier molecular flexibility index (Phi) is 3.13. The van der Waals surface area contributed by atoms with E-state index in [1.54, 1.807) is 24.3 Å². The topological polar surface area (TPSA) is 67.4 Å². The molecule has 6 heteroatoms. The van der Waals surface area contributed by atoms with E-state index in [2.05, 4.69) is 10.0 Å². The fourth-order valence-electron chi connectivity index (χ4n) is 1.40. The Bertz CT molecular complexity index is 451. The van der Waals surface area contributed by atoms with Gasteiger partial charge in [-0.3, -0.25) is 0 Å². The lowest BCUT2D eigenvalue weighted by Gasteiger charge is -2.27. The Morgan fingerprint density at radius 1 is 1.25 bits per heavy atom. The maximum absolute atomic E-state index is 11.5. The second kappa shape index (κ2) is 4.40. The number of rotatable bonds is 4. The van der Waals surface area contributed by atoms with Crippen LogP contribution in [0.2, 0.25) is 0 Å².